The van der Waals surface area contributed by atoms with Crippen LogP contribution >= 0.6 is 11.6 Å². The number of aromatic nitrogens is 1. The molecule has 3 rings (SSSR count). The van der Waals surface area contributed by atoms with Crippen LogP contribution in [0.1, 0.15) is 11.3 Å². The third kappa shape index (κ3) is 2.13. The molecule has 0 saturated carbocycles. The Morgan fingerprint density at radius 1 is 1.35 bits per heavy atom. The molecule has 2 heterocycles. The second-order valence-corrected chi connectivity index (χ2v) is 7.72. The second-order valence-electron chi connectivity index (χ2n) is 5.15. The van der Waals surface area contributed by atoms with E-state index in [2.05, 4.69) is 4.98 Å². The number of halogens is 1. The van der Waals surface area contributed by atoms with Crippen LogP contribution in [0.4, 0.5) is 0 Å². The molecule has 5 nitrogen and oxygen atoms in total. The third-order valence-corrected chi connectivity index (χ3v) is 5.81. The number of fused-ring (bicyclic) bond motifs is 3. The van der Waals surface area contributed by atoms with E-state index in [4.69, 9.17) is 11.6 Å². The number of benzene rings is 1. The summed E-state index contributed by atoms with van der Waals surface area (Å²) in [5, 5.41) is 1.66. The minimum atomic E-state index is -3.38. The molecule has 2 aromatic rings. The Kier molecular flexibility index (Phi) is 3.29. The first-order valence-electron chi connectivity index (χ1n) is 6.36. The molecule has 0 aliphatic carbocycles. The average molecular weight is 314 g/mol. The zero-order valence-electron chi connectivity index (χ0n) is 11.4. The van der Waals surface area contributed by atoms with Gasteiger partial charge in [0.05, 0.1) is 0 Å². The molecular weight excluding hydrogens is 298 g/mol. The molecule has 0 atom stereocenters. The summed E-state index contributed by atoms with van der Waals surface area (Å²) in [5.41, 5.74) is 3.13. The molecule has 1 aliphatic heterocycles. The van der Waals surface area contributed by atoms with Gasteiger partial charge < -0.3 is 4.98 Å². The molecule has 0 amide bonds. The molecule has 108 valence electrons. The van der Waals surface area contributed by atoms with Gasteiger partial charge in [0.15, 0.2) is 0 Å². The summed E-state index contributed by atoms with van der Waals surface area (Å²) in [6, 6.07) is 5.65. The Morgan fingerprint density at radius 3 is 2.80 bits per heavy atom. The van der Waals surface area contributed by atoms with Gasteiger partial charge in [0.1, 0.15) is 0 Å². The summed E-state index contributed by atoms with van der Waals surface area (Å²) in [4.78, 5) is 3.35. The van der Waals surface area contributed by atoms with E-state index in [1.54, 1.807) is 14.1 Å². The molecule has 0 saturated heterocycles. The van der Waals surface area contributed by atoms with Crippen LogP contribution < -0.4 is 0 Å². The molecule has 0 bridgehead atoms. The number of H-pyrrole nitrogens is 1. The topological polar surface area (TPSA) is 56.4 Å². The van der Waals surface area contributed by atoms with Crippen molar-refractivity contribution >= 4 is 32.7 Å². The molecule has 0 spiro atoms. The van der Waals surface area contributed by atoms with Crippen LogP contribution in [0, 0.1) is 0 Å². The lowest BCUT2D eigenvalue weighted by molar-refractivity contribution is 0.358. The molecule has 1 aromatic heterocycles. The minimum Gasteiger partial charge on any atom is -0.358 e. The first kappa shape index (κ1) is 13.9. The predicted octanol–water partition coefficient (Wildman–Crippen LogP) is 1.99. The van der Waals surface area contributed by atoms with E-state index in [0.717, 1.165) is 22.2 Å². The highest BCUT2D eigenvalue weighted by Gasteiger charge is 2.30. The SMILES string of the molecule is CN(C)S(=O)(=O)N1CCc2[nH]c3ccc(Cl)cc3c2C1. The van der Waals surface area contributed by atoms with Gasteiger partial charge in [-0.1, -0.05) is 11.6 Å². The highest BCUT2D eigenvalue weighted by Crippen LogP contribution is 2.30. The highest BCUT2D eigenvalue weighted by atomic mass is 35.5. The Bertz CT molecular complexity index is 767. The maximum atomic E-state index is 12.2. The number of nitrogens with one attached hydrogen (secondary N) is 1. The summed E-state index contributed by atoms with van der Waals surface area (Å²) in [7, 11) is -0.274. The molecule has 7 heteroatoms. The fourth-order valence-electron chi connectivity index (χ4n) is 2.59. The van der Waals surface area contributed by atoms with E-state index in [9.17, 15) is 8.42 Å². The van der Waals surface area contributed by atoms with E-state index >= 15 is 0 Å². The van der Waals surface area contributed by atoms with Crippen molar-refractivity contribution in [3.8, 4) is 0 Å². The first-order chi connectivity index (χ1) is 9.39. The minimum absolute atomic E-state index is 0.385. The fourth-order valence-corrected chi connectivity index (χ4v) is 3.84. The van der Waals surface area contributed by atoms with Crippen LogP contribution in [-0.4, -0.2) is 42.7 Å². The van der Waals surface area contributed by atoms with Gasteiger partial charge >= 0.3 is 0 Å². The number of aromatic amines is 1. The Balaban J connectivity index is 2.06. The van der Waals surface area contributed by atoms with Crippen molar-refractivity contribution in [1.29, 1.82) is 0 Å². The summed E-state index contributed by atoms with van der Waals surface area (Å²) < 4.78 is 27.2. The van der Waals surface area contributed by atoms with Crippen LogP contribution in [-0.2, 0) is 23.2 Å². The lowest BCUT2D eigenvalue weighted by Gasteiger charge is -2.28. The smallest absolute Gasteiger partial charge is 0.281 e. The van der Waals surface area contributed by atoms with Crippen molar-refractivity contribution in [1.82, 2.24) is 13.6 Å². The zero-order valence-corrected chi connectivity index (χ0v) is 12.9. The summed E-state index contributed by atoms with van der Waals surface area (Å²) in [5.74, 6) is 0. The van der Waals surface area contributed by atoms with Gasteiger partial charge in [0, 0.05) is 55.2 Å². The van der Waals surface area contributed by atoms with E-state index in [1.165, 1.54) is 8.61 Å². The van der Waals surface area contributed by atoms with Crippen molar-refractivity contribution in [2.45, 2.75) is 13.0 Å². The highest BCUT2D eigenvalue weighted by molar-refractivity contribution is 7.86. The Morgan fingerprint density at radius 2 is 2.10 bits per heavy atom. The molecule has 1 N–H and O–H groups in total. The second kappa shape index (κ2) is 4.73. The van der Waals surface area contributed by atoms with Gasteiger partial charge in [-0.3, -0.25) is 0 Å². The molecular formula is C13H16ClN3O2S. The zero-order chi connectivity index (χ0) is 14.5. The quantitative estimate of drug-likeness (QED) is 0.922. The molecule has 1 aliphatic rings. The lowest BCUT2D eigenvalue weighted by Crippen LogP contribution is -2.42. The van der Waals surface area contributed by atoms with E-state index in [1.807, 2.05) is 18.2 Å². The van der Waals surface area contributed by atoms with Crippen molar-refractivity contribution in [2.24, 2.45) is 0 Å². The van der Waals surface area contributed by atoms with Gasteiger partial charge in [-0.2, -0.15) is 17.0 Å². The lowest BCUT2D eigenvalue weighted by atomic mass is 10.1. The first-order valence-corrected chi connectivity index (χ1v) is 8.13. The molecule has 1 aromatic carbocycles. The average Bonchev–Trinajstić information content (AvgIpc) is 2.75. The molecule has 0 fully saturated rings. The van der Waals surface area contributed by atoms with Crippen molar-refractivity contribution < 1.29 is 8.42 Å². The van der Waals surface area contributed by atoms with E-state index in [0.29, 0.717) is 24.5 Å². The third-order valence-electron chi connectivity index (χ3n) is 3.69. The van der Waals surface area contributed by atoms with Crippen LogP contribution in [0.3, 0.4) is 0 Å². The maximum absolute atomic E-state index is 12.2. The normalized spacial score (nSPS) is 16.8. The van der Waals surface area contributed by atoms with Crippen molar-refractivity contribution in [2.75, 3.05) is 20.6 Å². The molecule has 0 unspecified atom stereocenters. The van der Waals surface area contributed by atoms with E-state index in [-0.39, 0.29) is 0 Å². The summed E-state index contributed by atoms with van der Waals surface area (Å²) in [6.45, 7) is 0.879. The maximum Gasteiger partial charge on any atom is 0.281 e. The van der Waals surface area contributed by atoms with E-state index < -0.39 is 10.2 Å². The number of rotatable bonds is 2. The number of hydrogen-bond acceptors (Lipinski definition) is 2. The largest absolute Gasteiger partial charge is 0.358 e. The monoisotopic (exact) mass is 313 g/mol. The van der Waals surface area contributed by atoms with Crippen LogP contribution in [0.25, 0.3) is 10.9 Å². The van der Waals surface area contributed by atoms with Crippen molar-refractivity contribution in [3.63, 3.8) is 0 Å². The molecule has 20 heavy (non-hydrogen) atoms. The van der Waals surface area contributed by atoms with Crippen LogP contribution in [0.2, 0.25) is 5.02 Å². The number of hydrogen-bond donors (Lipinski definition) is 1. The van der Waals surface area contributed by atoms with Crippen LogP contribution in [0.15, 0.2) is 18.2 Å². The number of nitrogens with zero attached hydrogens (tertiary/aromatic N) is 2. The van der Waals surface area contributed by atoms with Gasteiger partial charge in [-0.05, 0) is 23.8 Å². The fraction of sp³-hybridized carbons (Fsp3) is 0.385. The summed E-state index contributed by atoms with van der Waals surface area (Å²) in [6.07, 6.45) is 0.689. The van der Waals surface area contributed by atoms with Gasteiger partial charge in [0.25, 0.3) is 10.2 Å². The Hall–Kier alpha value is -1.08. The van der Waals surface area contributed by atoms with Crippen molar-refractivity contribution in [3.05, 3.63) is 34.5 Å². The van der Waals surface area contributed by atoms with Gasteiger partial charge in [0.2, 0.25) is 0 Å². The molecule has 0 radical (unpaired) electrons. The standard InChI is InChI=1S/C13H16ClN3O2S/c1-16(2)20(18,19)17-6-5-13-11(8-17)10-7-9(14)3-4-12(10)15-13/h3-4,7,15H,5-6,8H2,1-2H3. The summed E-state index contributed by atoms with van der Waals surface area (Å²) >= 11 is 6.04. The van der Waals surface area contributed by atoms with Crippen LogP contribution in [0.5, 0.6) is 0 Å². The van der Waals surface area contributed by atoms with Gasteiger partial charge in [-0.15, -0.1) is 0 Å². The Labute approximate surface area is 123 Å². The van der Waals surface area contributed by atoms with Gasteiger partial charge in [-0.25, -0.2) is 0 Å². The predicted molar refractivity (Wildman–Crippen MR) is 80.0 cm³/mol.